The molecule has 2 nitrogen and oxygen atoms in total. The Kier molecular flexibility index (Phi) is 6.20. The Morgan fingerprint density at radius 1 is 1.06 bits per heavy atom. The Labute approximate surface area is 112 Å². The molecule has 0 aliphatic carbocycles. The van der Waals surface area contributed by atoms with Gasteiger partial charge in [-0.05, 0) is 50.8 Å². The van der Waals surface area contributed by atoms with Gasteiger partial charge < -0.3 is 10.6 Å². The van der Waals surface area contributed by atoms with E-state index in [4.69, 9.17) is 5.73 Å². The van der Waals surface area contributed by atoms with Gasteiger partial charge in [0, 0.05) is 24.3 Å². The fourth-order valence-corrected chi connectivity index (χ4v) is 2.24. The summed E-state index contributed by atoms with van der Waals surface area (Å²) in [5, 5.41) is 0. The fourth-order valence-electron chi connectivity index (χ4n) is 2.24. The van der Waals surface area contributed by atoms with E-state index in [1.807, 2.05) is 0 Å². The minimum atomic E-state index is 0.285. The molecule has 1 aromatic carbocycles. The summed E-state index contributed by atoms with van der Waals surface area (Å²) in [5.74, 6) is 0. The highest BCUT2D eigenvalue weighted by Gasteiger charge is 2.10. The van der Waals surface area contributed by atoms with Crippen molar-refractivity contribution in [2.75, 3.05) is 11.4 Å². The molecule has 0 aromatic heterocycles. The fraction of sp³-hybridized carbons (Fsp3) is 0.625. The molecule has 0 spiro atoms. The second kappa shape index (κ2) is 7.42. The van der Waals surface area contributed by atoms with E-state index in [2.05, 4.69) is 56.9 Å². The average molecular weight is 248 g/mol. The van der Waals surface area contributed by atoms with Gasteiger partial charge in [-0.2, -0.15) is 0 Å². The summed E-state index contributed by atoms with van der Waals surface area (Å²) in [6.07, 6.45) is 3.19. The number of benzene rings is 1. The largest absolute Gasteiger partial charge is 0.369 e. The van der Waals surface area contributed by atoms with Crippen molar-refractivity contribution in [1.29, 1.82) is 0 Å². The van der Waals surface area contributed by atoms with Crippen LogP contribution in [0.3, 0.4) is 0 Å². The zero-order valence-electron chi connectivity index (χ0n) is 12.3. The van der Waals surface area contributed by atoms with Crippen LogP contribution >= 0.6 is 0 Å². The number of rotatable bonds is 7. The maximum atomic E-state index is 5.99. The maximum absolute atomic E-state index is 5.99. The quantitative estimate of drug-likeness (QED) is 0.799. The van der Waals surface area contributed by atoms with Crippen LogP contribution in [0.2, 0.25) is 0 Å². The third-order valence-corrected chi connectivity index (χ3v) is 3.75. The van der Waals surface area contributed by atoms with E-state index in [1.165, 1.54) is 17.7 Å². The van der Waals surface area contributed by atoms with Crippen molar-refractivity contribution in [1.82, 2.24) is 0 Å². The van der Waals surface area contributed by atoms with Crippen molar-refractivity contribution in [3.8, 4) is 0 Å². The summed E-state index contributed by atoms with van der Waals surface area (Å²) in [6, 6.07) is 9.78. The lowest BCUT2D eigenvalue weighted by atomic mass is 10.0. The molecular formula is C16H28N2. The summed E-state index contributed by atoms with van der Waals surface area (Å²) in [6.45, 7) is 9.93. The van der Waals surface area contributed by atoms with Crippen molar-refractivity contribution < 1.29 is 0 Å². The van der Waals surface area contributed by atoms with E-state index >= 15 is 0 Å². The van der Waals surface area contributed by atoms with Crippen molar-refractivity contribution in [2.45, 2.75) is 59.0 Å². The molecule has 2 atom stereocenters. The first-order valence-corrected chi connectivity index (χ1v) is 7.23. The van der Waals surface area contributed by atoms with E-state index in [0.717, 1.165) is 19.4 Å². The number of anilines is 1. The Morgan fingerprint density at radius 3 is 2.11 bits per heavy atom. The molecule has 0 aliphatic heterocycles. The molecule has 0 fully saturated rings. The van der Waals surface area contributed by atoms with Crippen molar-refractivity contribution in [2.24, 2.45) is 5.73 Å². The van der Waals surface area contributed by atoms with Gasteiger partial charge in [-0.15, -0.1) is 0 Å². The first kappa shape index (κ1) is 15.0. The van der Waals surface area contributed by atoms with Gasteiger partial charge in [-0.25, -0.2) is 0 Å². The van der Waals surface area contributed by atoms with Crippen LogP contribution in [0.4, 0.5) is 5.69 Å². The van der Waals surface area contributed by atoms with Crippen LogP contribution in [0.5, 0.6) is 0 Å². The lowest BCUT2D eigenvalue weighted by molar-refractivity contribution is 0.629. The third-order valence-electron chi connectivity index (χ3n) is 3.75. The minimum absolute atomic E-state index is 0.285. The summed E-state index contributed by atoms with van der Waals surface area (Å²) in [4.78, 5) is 2.45. The van der Waals surface area contributed by atoms with Gasteiger partial charge in [0.05, 0.1) is 0 Å². The van der Waals surface area contributed by atoms with Gasteiger partial charge in [0.2, 0.25) is 0 Å². The van der Waals surface area contributed by atoms with Crippen molar-refractivity contribution in [3.63, 3.8) is 0 Å². The monoisotopic (exact) mass is 248 g/mol. The minimum Gasteiger partial charge on any atom is -0.369 e. The number of hydrogen-bond acceptors (Lipinski definition) is 2. The predicted molar refractivity (Wildman–Crippen MR) is 81.2 cm³/mol. The van der Waals surface area contributed by atoms with Crippen LogP contribution in [0.25, 0.3) is 0 Å². The normalized spacial score (nSPS) is 14.3. The molecular weight excluding hydrogens is 220 g/mol. The highest BCUT2D eigenvalue weighted by atomic mass is 15.1. The highest BCUT2D eigenvalue weighted by molar-refractivity contribution is 5.48. The molecule has 0 saturated carbocycles. The first-order valence-electron chi connectivity index (χ1n) is 7.23. The molecule has 2 N–H and O–H groups in total. The summed E-state index contributed by atoms with van der Waals surface area (Å²) < 4.78 is 0. The van der Waals surface area contributed by atoms with Crippen LogP contribution in [-0.4, -0.2) is 18.6 Å². The number of nitrogens with zero attached hydrogens (tertiary/aromatic N) is 1. The van der Waals surface area contributed by atoms with Crippen LogP contribution in [0, 0.1) is 0 Å². The smallest absolute Gasteiger partial charge is 0.0368 e. The third kappa shape index (κ3) is 4.02. The van der Waals surface area contributed by atoms with Crippen LogP contribution in [0.15, 0.2) is 24.3 Å². The van der Waals surface area contributed by atoms with E-state index in [1.54, 1.807) is 0 Å². The van der Waals surface area contributed by atoms with Gasteiger partial charge >= 0.3 is 0 Å². The molecule has 2 heteroatoms. The number of nitrogens with two attached hydrogens (primary N) is 1. The summed E-state index contributed by atoms with van der Waals surface area (Å²) in [5.41, 5.74) is 8.65. The van der Waals surface area contributed by atoms with E-state index in [9.17, 15) is 0 Å². The Hall–Kier alpha value is -1.02. The number of hydrogen-bond donors (Lipinski definition) is 1. The maximum Gasteiger partial charge on any atom is 0.0368 e. The molecule has 18 heavy (non-hydrogen) atoms. The molecule has 0 heterocycles. The molecule has 0 radical (unpaired) electrons. The van der Waals surface area contributed by atoms with Gasteiger partial charge in [0.15, 0.2) is 0 Å². The SMILES string of the molecule is CCC(N)Cc1ccc(N(CC)C(C)CC)cc1. The Bertz CT molecular complexity index is 331. The second-order valence-corrected chi connectivity index (χ2v) is 5.08. The van der Waals surface area contributed by atoms with Crippen molar-refractivity contribution >= 4 is 5.69 Å². The average Bonchev–Trinajstić information content (AvgIpc) is 2.41. The summed E-state index contributed by atoms with van der Waals surface area (Å²) >= 11 is 0. The summed E-state index contributed by atoms with van der Waals surface area (Å²) in [7, 11) is 0. The Morgan fingerprint density at radius 2 is 1.67 bits per heavy atom. The molecule has 0 aliphatic rings. The van der Waals surface area contributed by atoms with Gasteiger partial charge in [-0.1, -0.05) is 26.0 Å². The molecule has 102 valence electrons. The van der Waals surface area contributed by atoms with Crippen LogP contribution in [-0.2, 0) is 6.42 Å². The zero-order valence-corrected chi connectivity index (χ0v) is 12.3. The topological polar surface area (TPSA) is 29.3 Å². The van der Waals surface area contributed by atoms with Gasteiger partial charge in [0.25, 0.3) is 0 Å². The van der Waals surface area contributed by atoms with E-state index < -0.39 is 0 Å². The predicted octanol–water partition coefficient (Wildman–Crippen LogP) is 3.59. The second-order valence-electron chi connectivity index (χ2n) is 5.08. The molecule has 1 rings (SSSR count). The van der Waals surface area contributed by atoms with Gasteiger partial charge in [-0.3, -0.25) is 0 Å². The molecule has 0 bridgehead atoms. The molecule has 0 amide bonds. The van der Waals surface area contributed by atoms with E-state index in [0.29, 0.717) is 6.04 Å². The highest BCUT2D eigenvalue weighted by Crippen LogP contribution is 2.19. The standard InChI is InChI=1S/C16H28N2/c1-5-13(4)18(7-3)16-10-8-14(9-11-16)12-15(17)6-2/h8-11,13,15H,5-7,12,17H2,1-4H3. The van der Waals surface area contributed by atoms with E-state index in [-0.39, 0.29) is 6.04 Å². The zero-order chi connectivity index (χ0) is 13.5. The van der Waals surface area contributed by atoms with Crippen LogP contribution in [0.1, 0.15) is 46.1 Å². The Balaban J connectivity index is 2.74. The van der Waals surface area contributed by atoms with Crippen LogP contribution < -0.4 is 10.6 Å². The molecule has 0 saturated heterocycles. The van der Waals surface area contributed by atoms with Crippen molar-refractivity contribution in [3.05, 3.63) is 29.8 Å². The molecule has 1 aromatic rings. The first-order chi connectivity index (χ1) is 8.62. The lowest BCUT2D eigenvalue weighted by Gasteiger charge is -2.29. The molecule has 2 unspecified atom stereocenters. The lowest BCUT2D eigenvalue weighted by Crippen LogP contribution is -2.32. The van der Waals surface area contributed by atoms with Gasteiger partial charge in [0.1, 0.15) is 0 Å².